The second kappa shape index (κ2) is 10.9. The average Bonchev–Trinajstić information content (AvgIpc) is 3.05. The molecule has 8 heteroatoms. The number of hydrogen-bond acceptors (Lipinski definition) is 5. The maximum Gasteiger partial charge on any atom is 0.244 e. The van der Waals surface area contributed by atoms with Crippen LogP contribution in [0, 0.1) is 0 Å². The van der Waals surface area contributed by atoms with Crippen molar-refractivity contribution in [3.63, 3.8) is 0 Å². The van der Waals surface area contributed by atoms with Crippen molar-refractivity contribution in [1.82, 2.24) is 14.6 Å². The summed E-state index contributed by atoms with van der Waals surface area (Å²) in [5.74, 6) is -0.0565. The quantitative estimate of drug-likeness (QED) is 0.627. The van der Waals surface area contributed by atoms with Gasteiger partial charge >= 0.3 is 0 Å². The van der Waals surface area contributed by atoms with Crippen LogP contribution in [-0.4, -0.2) is 48.5 Å². The number of pyridine rings is 1. The summed E-state index contributed by atoms with van der Waals surface area (Å²) in [4.78, 5) is 16.8. The predicted molar refractivity (Wildman–Crippen MR) is 120 cm³/mol. The van der Waals surface area contributed by atoms with Crippen molar-refractivity contribution in [2.24, 2.45) is 0 Å². The van der Waals surface area contributed by atoms with Gasteiger partial charge in [0.2, 0.25) is 15.9 Å². The molecule has 1 unspecified atom stereocenters. The number of thioether (sulfide) groups is 1. The Kier molecular flexibility index (Phi) is 8.30. The molecule has 162 valence electrons. The first-order valence-corrected chi connectivity index (χ1v) is 12.7. The van der Waals surface area contributed by atoms with E-state index in [4.69, 9.17) is 0 Å². The number of amides is 1. The lowest BCUT2D eigenvalue weighted by Crippen LogP contribution is -2.32. The zero-order valence-electron chi connectivity index (χ0n) is 17.3. The molecule has 1 N–H and O–H groups in total. The molecule has 1 atom stereocenters. The molecule has 0 radical (unpaired) electrons. The van der Waals surface area contributed by atoms with E-state index in [1.807, 2.05) is 37.3 Å². The van der Waals surface area contributed by atoms with E-state index in [-0.39, 0.29) is 16.1 Å². The van der Waals surface area contributed by atoms with Gasteiger partial charge in [0.15, 0.2) is 0 Å². The molecule has 1 fully saturated rings. The lowest BCUT2D eigenvalue weighted by atomic mass is 10.1. The minimum absolute atomic E-state index is 0.0565. The summed E-state index contributed by atoms with van der Waals surface area (Å²) in [6.45, 7) is 3.54. The van der Waals surface area contributed by atoms with E-state index >= 15 is 0 Å². The van der Waals surface area contributed by atoms with Crippen molar-refractivity contribution in [3.05, 3.63) is 54.2 Å². The molecule has 30 heavy (non-hydrogen) atoms. The number of carbonyl (C=O) groups is 1. The molecule has 1 aliphatic rings. The molecular weight excluding hydrogens is 418 g/mol. The number of nitrogens with zero attached hydrogens (tertiary/aromatic N) is 2. The molecule has 1 aliphatic heterocycles. The first kappa shape index (κ1) is 22.8. The Labute approximate surface area is 183 Å². The molecule has 0 aliphatic carbocycles. The van der Waals surface area contributed by atoms with Crippen molar-refractivity contribution in [2.45, 2.75) is 54.2 Å². The van der Waals surface area contributed by atoms with E-state index in [9.17, 15) is 13.2 Å². The van der Waals surface area contributed by atoms with Gasteiger partial charge in [-0.05, 0) is 43.9 Å². The molecule has 1 aromatic heterocycles. The maximum absolute atomic E-state index is 12.8. The number of nitrogens with one attached hydrogen (secondary N) is 1. The third kappa shape index (κ3) is 6.30. The molecule has 2 heterocycles. The van der Waals surface area contributed by atoms with Crippen molar-refractivity contribution in [3.8, 4) is 0 Å². The van der Waals surface area contributed by atoms with E-state index in [2.05, 4.69) is 10.3 Å². The fraction of sp³-hybridized carbons (Fsp3) is 0.455. The first-order chi connectivity index (χ1) is 14.5. The number of sulfonamides is 1. The summed E-state index contributed by atoms with van der Waals surface area (Å²) in [7, 11) is -3.50. The highest BCUT2D eigenvalue weighted by atomic mass is 32.2. The Morgan fingerprint density at radius 3 is 2.43 bits per heavy atom. The Balaban J connectivity index is 1.52. The van der Waals surface area contributed by atoms with Crippen molar-refractivity contribution >= 4 is 27.7 Å². The summed E-state index contributed by atoms with van der Waals surface area (Å²) < 4.78 is 27.2. The van der Waals surface area contributed by atoms with Gasteiger partial charge in [0.25, 0.3) is 0 Å². The minimum atomic E-state index is -3.50. The standard InChI is InChI=1S/C22H29N3O3S2/c1-18(22(26)23-14-13-19-9-5-4-6-10-19)29-21-12-11-20(17-24-21)30(27,28)25-15-7-2-3-8-16-25/h4-6,9-12,17-18H,2-3,7-8,13-16H2,1H3,(H,23,26). The van der Waals surface area contributed by atoms with Crippen molar-refractivity contribution in [1.29, 1.82) is 0 Å². The van der Waals surface area contributed by atoms with Crippen LogP contribution in [0.25, 0.3) is 0 Å². The number of aromatic nitrogens is 1. The highest BCUT2D eigenvalue weighted by Gasteiger charge is 2.25. The second-order valence-corrected chi connectivity index (χ2v) is 10.7. The zero-order valence-corrected chi connectivity index (χ0v) is 18.9. The van der Waals surface area contributed by atoms with E-state index in [1.54, 1.807) is 16.4 Å². The van der Waals surface area contributed by atoms with Crippen LogP contribution in [0.15, 0.2) is 58.6 Å². The van der Waals surface area contributed by atoms with Crippen LogP contribution >= 0.6 is 11.8 Å². The summed E-state index contributed by atoms with van der Waals surface area (Å²) in [5.41, 5.74) is 1.18. The van der Waals surface area contributed by atoms with E-state index in [0.717, 1.165) is 32.1 Å². The van der Waals surface area contributed by atoms with Crippen molar-refractivity contribution < 1.29 is 13.2 Å². The second-order valence-electron chi connectivity index (χ2n) is 7.44. The predicted octanol–water partition coefficient (Wildman–Crippen LogP) is 3.49. The Morgan fingerprint density at radius 1 is 1.10 bits per heavy atom. The molecule has 0 saturated carbocycles. The van der Waals surface area contributed by atoms with Crippen LogP contribution < -0.4 is 5.32 Å². The van der Waals surface area contributed by atoms with Crippen LogP contribution in [0.1, 0.15) is 38.2 Å². The van der Waals surface area contributed by atoms with Crippen LogP contribution in [-0.2, 0) is 21.2 Å². The Morgan fingerprint density at radius 2 is 1.80 bits per heavy atom. The zero-order chi connectivity index (χ0) is 21.4. The molecule has 1 aromatic carbocycles. The van der Waals surface area contributed by atoms with Crippen LogP contribution in [0.3, 0.4) is 0 Å². The van der Waals surface area contributed by atoms with Gasteiger partial charge in [-0.15, -0.1) is 0 Å². The van der Waals surface area contributed by atoms with Gasteiger partial charge in [0, 0.05) is 25.8 Å². The molecule has 1 amide bonds. The summed E-state index contributed by atoms with van der Waals surface area (Å²) in [6.07, 6.45) is 6.14. The van der Waals surface area contributed by atoms with Gasteiger partial charge in [0.05, 0.1) is 10.3 Å². The molecule has 0 bridgehead atoms. The Hall–Kier alpha value is -1.90. The maximum atomic E-state index is 12.8. The summed E-state index contributed by atoms with van der Waals surface area (Å²) >= 11 is 1.32. The SMILES string of the molecule is CC(Sc1ccc(S(=O)(=O)N2CCCCCC2)cn1)C(=O)NCCc1ccccc1. The number of hydrogen-bond donors (Lipinski definition) is 1. The molecule has 0 spiro atoms. The van der Waals surface area contributed by atoms with E-state index in [0.29, 0.717) is 24.7 Å². The topological polar surface area (TPSA) is 79.4 Å². The third-order valence-electron chi connectivity index (χ3n) is 5.13. The smallest absolute Gasteiger partial charge is 0.244 e. The first-order valence-electron chi connectivity index (χ1n) is 10.4. The van der Waals surface area contributed by atoms with E-state index < -0.39 is 10.0 Å². The third-order valence-corrected chi connectivity index (χ3v) is 8.07. The minimum Gasteiger partial charge on any atom is -0.355 e. The van der Waals surface area contributed by atoms with Gasteiger partial charge in [-0.1, -0.05) is 54.9 Å². The van der Waals surface area contributed by atoms with Crippen LogP contribution in [0.5, 0.6) is 0 Å². The molecule has 1 saturated heterocycles. The number of carbonyl (C=O) groups excluding carboxylic acids is 1. The van der Waals surface area contributed by atoms with Crippen molar-refractivity contribution in [2.75, 3.05) is 19.6 Å². The van der Waals surface area contributed by atoms with Gasteiger partial charge in [0.1, 0.15) is 4.90 Å². The summed E-state index contributed by atoms with van der Waals surface area (Å²) in [5, 5.41) is 3.26. The largest absolute Gasteiger partial charge is 0.355 e. The average molecular weight is 448 g/mol. The normalized spacial score (nSPS) is 16.6. The molecular formula is C22H29N3O3S2. The van der Waals surface area contributed by atoms with Gasteiger partial charge in [-0.25, -0.2) is 13.4 Å². The lowest BCUT2D eigenvalue weighted by Gasteiger charge is -2.19. The molecule has 6 nitrogen and oxygen atoms in total. The number of rotatable bonds is 8. The molecule has 2 aromatic rings. The van der Waals surface area contributed by atoms with Crippen LogP contribution in [0.2, 0.25) is 0 Å². The summed E-state index contributed by atoms with van der Waals surface area (Å²) in [6, 6.07) is 13.3. The van der Waals surface area contributed by atoms with Crippen LogP contribution in [0.4, 0.5) is 0 Å². The lowest BCUT2D eigenvalue weighted by molar-refractivity contribution is -0.120. The monoisotopic (exact) mass is 447 g/mol. The van der Waals surface area contributed by atoms with Gasteiger partial charge in [-0.2, -0.15) is 4.31 Å². The fourth-order valence-electron chi connectivity index (χ4n) is 3.37. The molecule has 3 rings (SSSR count). The highest BCUT2D eigenvalue weighted by molar-refractivity contribution is 8.00. The fourth-order valence-corrected chi connectivity index (χ4v) is 5.65. The Bertz CT molecular complexity index is 910. The van der Waals surface area contributed by atoms with Gasteiger partial charge in [-0.3, -0.25) is 4.79 Å². The van der Waals surface area contributed by atoms with E-state index in [1.165, 1.54) is 23.5 Å². The number of benzene rings is 1. The van der Waals surface area contributed by atoms with Gasteiger partial charge < -0.3 is 5.32 Å². The highest BCUT2D eigenvalue weighted by Crippen LogP contribution is 2.24.